The van der Waals surface area contributed by atoms with Crippen LogP contribution in [0.15, 0.2) is 18.2 Å². The molecular formula is C13H15ClN4O2. The molecule has 0 aliphatic carbocycles. The Balaban J connectivity index is 2.12. The van der Waals surface area contributed by atoms with Gasteiger partial charge in [0.05, 0.1) is 11.3 Å². The van der Waals surface area contributed by atoms with Gasteiger partial charge >= 0.3 is 5.97 Å². The van der Waals surface area contributed by atoms with Crippen LogP contribution in [0.3, 0.4) is 0 Å². The average Bonchev–Trinajstić information content (AvgIpc) is 2.60. The highest BCUT2D eigenvalue weighted by atomic mass is 35.5. The zero-order valence-corrected chi connectivity index (χ0v) is 11.9. The lowest BCUT2D eigenvalue weighted by Crippen LogP contribution is -2.07. The number of ether oxygens (including phenoxy) is 1. The molecule has 1 aromatic carbocycles. The summed E-state index contributed by atoms with van der Waals surface area (Å²) in [6.45, 7) is 1.85. The third-order valence-corrected chi connectivity index (χ3v) is 3.30. The van der Waals surface area contributed by atoms with Gasteiger partial charge in [-0.3, -0.25) is 4.68 Å². The molecular weight excluding hydrogens is 280 g/mol. The number of carbonyl (C=O) groups is 1. The fourth-order valence-corrected chi connectivity index (χ4v) is 2.08. The molecule has 0 saturated carbocycles. The molecule has 106 valence electrons. The summed E-state index contributed by atoms with van der Waals surface area (Å²) in [4.78, 5) is 11.9. The van der Waals surface area contributed by atoms with Crippen molar-refractivity contribution in [3.05, 3.63) is 40.2 Å². The maximum atomic E-state index is 11.9. The molecule has 2 aromatic rings. The van der Waals surface area contributed by atoms with E-state index >= 15 is 0 Å². The van der Waals surface area contributed by atoms with E-state index < -0.39 is 5.97 Å². The highest BCUT2D eigenvalue weighted by Gasteiger charge is 2.15. The summed E-state index contributed by atoms with van der Waals surface area (Å²) in [6, 6.07) is 4.59. The van der Waals surface area contributed by atoms with Crippen molar-refractivity contribution in [1.82, 2.24) is 9.78 Å². The minimum Gasteiger partial charge on any atom is -0.457 e. The van der Waals surface area contributed by atoms with E-state index in [2.05, 4.69) is 5.10 Å². The van der Waals surface area contributed by atoms with Crippen molar-refractivity contribution in [2.75, 3.05) is 11.5 Å². The Labute approximate surface area is 121 Å². The van der Waals surface area contributed by atoms with E-state index in [9.17, 15) is 4.79 Å². The summed E-state index contributed by atoms with van der Waals surface area (Å²) in [5.74, 6) is -0.511. The third-order valence-electron chi connectivity index (χ3n) is 2.83. The minimum absolute atomic E-state index is 0.0477. The monoisotopic (exact) mass is 294 g/mol. The van der Waals surface area contributed by atoms with Crippen LogP contribution in [0.2, 0.25) is 5.15 Å². The summed E-state index contributed by atoms with van der Waals surface area (Å²) >= 11 is 6.06. The van der Waals surface area contributed by atoms with E-state index in [-0.39, 0.29) is 6.61 Å². The zero-order valence-electron chi connectivity index (χ0n) is 11.2. The fourth-order valence-electron chi connectivity index (χ4n) is 1.85. The normalized spacial score (nSPS) is 10.6. The van der Waals surface area contributed by atoms with Gasteiger partial charge in [0.25, 0.3) is 0 Å². The predicted octanol–water partition coefficient (Wildman–Crippen LogP) is 1.90. The molecule has 7 heteroatoms. The molecule has 0 unspecified atom stereocenters. The molecule has 0 bridgehead atoms. The van der Waals surface area contributed by atoms with Gasteiger partial charge in [-0.25, -0.2) is 4.79 Å². The Bertz CT molecular complexity index is 646. The second-order valence-electron chi connectivity index (χ2n) is 4.44. The summed E-state index contributed by atoms with van der Waals surface area (Å²) in [5, 5.41) is 4.59. The molecule has 6 nitrogen and oxygen atoms in total. The highest BCUT2D eigenvalue weighted by molar-refractivity contribution is 6.30. The van der Waals surface area contributed by atoms with Gasteiger partial charge in [-0.1, -0.05) is 11.6 Å². The molecule has 0 saturated heterocycles. The number of halogens is 1. The van der Waals surface area contributed by atoms with Crippen molar-refractivity contribution in [1.29, 1.82) is 0 Å². The molecule has 1 aromatic heterocycles. The minimum atomic E-state index is -0.511. The SMILES string of the molecule is Cc1nn(C)c(Cl)c1COC(=O)c1cc(N)cc(N)c1. The number of rotatable bonds is 3. The van der Waals surface area contributed by atoms with Gasteiger partial charge in [0, 0.05) is 24.0 Å². The van der Waals surface area contributed by atoms with Crippen molar-refractivity contribution in [2.45, 2.75) is 13.5 Å². The number of nitrogen functional groups attached to an aromatic ring is 2. The van der Waals surface area contributed by atoms with Crippen LogP contribution in [0.5, 0.6) is 0 Å². The number of carbonyl (C=O) groups excluding carboxylic acids is 1. The van der Waals surface area contributed by atoms with Crippen LogP contribution >= 0.6 is 11.6 Å². The molecule has 0 spiro atoms. The maximum Gasteiger partial charge on any atom is 0.338 e. The van der Waals surface area contributed by atoms with Gasteiger partial charge in [0.2, 0.25) is 0 Å². The van der Waals surface area contributed by atoms with E-state index in [1.165, 1.54) is 16.8 Å². The summed E-state index contributed by atoms with van der Waals surface area (Å²) in [5.41, 5.74) is 13.8. The first-order valence-electron chi connectivity index (χ1n) is 5.89. The Morgan fingerprint density at radius 3 is 2.45 bits per heavy atom. The number of hydrogen-bond acceptors (Lipinski definition) is 5. The first-order valence-corrected chi connectivity index (χ1v) is 6.27. The Morgan fingerprint density at radius 2 is 1.95 bits per heavy atom. The summed E-state index contributed by atoms with van der Waals surface area (Å²) in [6.07, 6.45) is 0. The number of nitrogens with zero attached hydrogens (tertiary/aromatic N) is 2. The molecule has 4 N–H and O–H groups in total. The van der Waals surface area contributed by atoms with Crippen LogP contribution in [0, 0.1) is 6.92 Å². The Hall–Kier alpha value is -2.21. The topological polar surface area (TPSA) is 96.2 Å². The quantitative estimate of drug-likeness (QED) is 0.666. The number of benzene rings is 1. The smallest absolute Gasteiger partial charge is 0.338 e. The molecule has 20 heavy (non-hydrogen) atoms. The second kappa shape index (κ2) is 5.42. The number of esters is 1. The van der Waals surface area contributed by atoms with E-state index in [0.29, 0.717) is 27.7 Å². The second-order valence-corrected chi connectivity index (χ2v) is 4.80. The summed E-state index contributed by atoms with van der Waals surface area (Å²) < 4.78 is 6.74. The van der Waals surface area contributed by atoms with Gasteiger partial charge in [0.15, 0.2) is 0 Å². The van der Waals surface area contributed by atoms with Gasteiger partial charge in [0.1, 0.15) is 11.8 Å². The molecule has 2 rings (SSSR count). The van der Waals surface area contributed by atoms with E-state index in [1.807, 2.05) is 0 Å². The lowest BCUT2D eigenvalue weighted by atomic mass is 10.2. The largest absolute Gasteiger partial charge is 0.457 e. The Kier molecular flexibility index (Phi) is 3.85. The van der Waals surface area contributed by atoms with Crippen LogP contribution in [0.1, 0.15) is 21.6 Å². The molecule has 0 amide bonds. The first-order chi connectivity index (χ1) is 9.38. The van der Waals surface area contributed by atoms with Crippen molar-refractivity contribution >= 4 is 28.9 Å². The molecule has 0 aliphatic heterocycles. The maximum absolute atomic E-state index is 11.9. The van der Waals surface area contributed by atoms with Gasteiger partial charge in [-0.2, -0.15) is 5.10 Å². The molecule has 0 aliphatic rings. The van der Waals surface area contributed by atoms with Gasteiger partial charge in [-0.05, 0) is 25.1 Å². The zero-order chi connectivity index (χ0) is 14.9. The lowest BCUT2D eigenvalue weighted by Gasteiger charge is -2.06. The van der Waals surface area contributed by atoms with Crippen LogP contribution in [0.4, 0.5) is 11.4 Å². The van der Waals surface area contributed by atoms with Gasteiger partial charge < -0.3 is 16.2 Å². The van der Waals surface area contributed by atoms with E-state index in [4.69, 9.17) is 27.8 Å². The lowest BCUT2D eigenvalue weighted by molar-refractivity contribution is 0.0472. The highest BCUT2D eigenvalue weighted by Crippen LogP contribution is 2.21. The van der Waals surface area contributed by atoms with Crippen LogP contribution < -0.4 is 11.5 Å². The number of anilines is 2. The first kappa shape index (κ1) is 14.2. The standard InChI is InChI=1S/C13H15ClN4O2/c1-7-11(12(14)18(2)17-7)6-20-13(19)8-3-9(15)5-10(16)4-8/h3-5H,6,15-16H2,1-2H3. The number of hydrogen-bond donors (Lipinski definition) is 2. The Morgan fingerprint density at radius 1 is 1.35 bits per heavy atom. The van der Waals surface area contributed by atoms with E-state index in [0.717, 1.165) is 5.69 Å². The van der Waals surface area contributed by atoms with Crippen molar-refractivity contribution in [3.8, 4) is 0 Å². The number of nitrogens with two attached hydrogens (primary N) is 2. The summed E-state index contributed by atoms with van der Waals surface area (Å²) in [7, 11) is 1.72. The number of aryl methyl sites for hydroxylation is 2. The molecule has 0 fully saturated rings. The average molecular weight is 295 g/mol. The predicted molar refractivity (Wildman–Crippen MR) is 77.3 cm³/mol. The van der Waals surface area contributed by atoms with Crippen LogP contribution in [-0.2, 0) is 18.4 Å². The molecule has 0 atom stereocenters. The van der Waals surface area contributed by atoms with Gasteiger partial charge in [-0.15, -0.1) is 0 Å². The van der Waals surface area contributed by atoms with Crippen molar-refractivity contribution in [3.63, 3.8) is 0 Å². The molecule has 1 heterocycles. The van der Waals surface area contributed by atoms with Crippen molar-refractivity contribution in [2.24, 2.45) is 7.05 Å². The van der Waals surface area contributed by atoms with Crippen LogP contribution in [0.25, 0.3) is 0 Å². The fraction of sp³-hybridized carbons (Fsp3) is 0.231. The van der Waals surface area contributed by atoms with Crippen molar-refractivity contribution < 1.29 is 9.53 Å². The van der Waals surface area contributed by atoms with E-state index in [1.54, 1.807) is 20.0 Å². The third kappa shape index (κ3) is 2.85. The van der Waals surface area contributed by atoms with Crippen LogP contribution in [-0.4, -0.2) is 15.7 Å². The number of aromatic nitrogens is 2. The molecule has 0 radical (unpaired) electrons.